The van der Waals surface area contributed by atoms with Crippen LogP contribution in [-0.2, 0) is 12.7 Å². The summed E-state index contributed by atoms with van der Waals surface area (Å²) < 4.78 is 55.6. The molecule has 1 aromatic heterocycles. The minimum Gasteiger partial charge on any atom is -0.478 e. The summed E-state index contributed by atoms with van der Waals surface area (Å²) in [6.45, 7) is 1.27. The molecule has 0 saturated heterocycles. The highest BCUT2D eigenvalue weighted by molar-refractivity contribution is 5.92. The molecule has 0 saturated carbocycles. The number of allylic oxidation sites excluding steroid dienone is 1. The Kier molecular flexibility index (Phi) is 4.77. The standard InChI is InChI=1S/C18H15F4N3O2/c1-11-13(17(26)27)9-24(10-15-23-7-4-8-25(15)22)16(11)12-5-2-3-6-14(12)18(19,20)21/h2-9,15H,10H2,1H3,(H,26,27). The van der Waals surface area contributed by atoms with Gasteiger partial charge in [0.25, 0.3) is 0 Å². The number of carboxylic acid groups (broad SMARTS) is 1. The van der Waals surface area contributed by atoms with E-state index in [1.807, 2.05) is 0 Å². The van der Waals surface area contributed by atoms with E-state index >= 15 is 0 Å². The lowest BCUT2D eigenvalue weighted by atomic mass is 10.00. The third-order valence-electron chi connectivity index (χ3n) is 4.27. The Bertz CT molecular complexity index is 931. The molecule has 0 fully saturated rings. The number of halogens is 4. The van der Waals surface area contributed by atoms with Crippen molar-refractivity contribution >= 4 is 12.2 Å². The van der Waals surface area contributed by atoms with Crippen molar-refractivity contribution < 1.29 is 27.6 Å². The summed E-state index contributed by atoms with van der Waals surface area (Å²) in [6, 6.07) is 4.89. The van der Waals surface area contributed by atoms with E-state index in [2.05, 4.69) is 4.99 Å². The molecule has 1 atom stereocenters. The van der Waals surface area contributed by atoms with Crippen molar-refractivity contribution in [3.63, 3.8) is 0 Å². The van der Waals surface area contributed by atoms with Crippen LogP contribution in [0, 0.1) is 6.92 Å². The van der Waals surface area contributed by atoms with Gasteiger partial charge in [-0.25, -0.2) is 4.79 Å². The molecular weight excluding hydrogens is 366 g/mol. The number of aliphatic imine (C=N–C) groups is 1. The first-order valence-corrected chi connectivity index (χ1v) is 7.94. The molecule has 2 heterocycles. The van der Waals surface area contributed by atoms with E-state index < -0.39 is 23.9 Å². The van der Waals surface area contributed by atoms with Crippen LogP contribution in [0.2, 0.25) is 0 Å². The van der Waals surface area contributed by atoms with Crippen molar-refractivity contribution in [2.75, 3.05) is 0 Å². The third-order valence-corrected chi connectivity index (χ3v) is 4.27. The molecule has 3 rings (SSSR count). The van der Waals surface area contributed by atoms with Gasteiger partial charge >= 0.3 is 12.1 Å². The molecule has 2 aromatic rings. The number of carbonyl (C=O) groups is 1. The normalized spacial score (nSPS) is 16.8. The van der Waals surface area contributed by atoms with Gasteiger partial charge in [0.05, 0.1) is 23.4 Å². The fourth-order valence-corrected chi connectivity index (χ4v) is 3.05. The zero-order valence-electron chi connectivity index (χ0n) is 14.1. The minimum absolute atomic E-state index is 0.0680. The number of nitrogens with zero attached hydrogens (tertiary/aromatic N) is 3. The first kappa shape index (κ1) is 18.7. The van der Waals surface area contributed by atoms with Crippen LogP contribution >= 0.6 is 0 Å². The summed E-state index contributed by atoms with van der Waals surface area (Å²) >= 11 is 0. The van der Waals surface area contributed by atoms with Crippen LogP contribution in [0.3, 0.4) is 0 Å². The van der Waals surface area contributed by atoms with Crippen molar-refractivity contribution in [2.45, 2.75) is 25.8 Å². The summed E-state index contributed by atoms with van der Waals surface area (Å²) in [7, 11) is 0. The van der Waals surface area contributed by atoms with Gasteiger partial charge in [-0.2, -0.15) is 18.3 Å². The molecule has 1 aliphatic rings. The minimum atomic E-state index is -4.63. The summed E-state index contributed by atoms with van der Waals surface area (Å²) in [5, 5.41) is 9.69. The maximum absolute atomic E-state index is 13.9. The van der Waals surface area contributed by atoms with Gasteiger partial charge in [0.1, 0.15) is 0 Å². The average Bonchev–Trinajstić information content (AvgIpc) is 2.92. The number of alkyl halides is 3. The summed E-state index contributed by atoms with van der Waals surface area (Å²) in [6.07, 6.45) is -0.546. The smallest absolute Gasteiger partial charge is 0.417 e. The van der Waals surface area contributed by atoms with Crippen molar-refractivity contribution in [3.05, 3.63) is 59.4 Å². The molecule has 142 valence electrons. The Morgan fingerprint density at radius 3 is 2.63 bits per heavy atom. The number of carboxylic acids is 1. The first-order valence-electron chi connectivity index (χ1n) is 7.94. The van der Waals surface area contributed by atoms with Crippen LogP contribution in [0.5, 0.6) is 0 Å². The largest absolute Gasteiger partial charge is 0.478 e. The molecule has 0 spiro atoms. The second kappa shape index (κ2) is 6.90. The fourth-order valence-electron chi connectivity index (χ4n) is 3.05. The second-order valence-electron chi connectivity index (χ2n) is 5.98. The van der Waals surface area contributed by atoms with Gasteiger partial charge in [-0.15, -0.1) is 0 Å². The highest BCUT2D eigenvalue weighted by Gasteiger charge is 2.35. The van der Waals surface area contributed by atoms with Crippen LogP contribution in [0.1, 0.15) is 21.5 Å². The Morgan fingerprint density at radius 1 is 1.30 bits per heavy atom. The van der Waals surface area contributed by atoms with Gasteiger partial charge < -0.3 is 9.67 Å². The van der Waals surface area contributed by atoms with Crippen molar-refractivity contribution in [1.82, 2.24) is 9.69 Å². The van der Waals surface area contributed by atoms with Crippen LogP contribution in [0.25, 0.3) is 11.3 Å². The maximum atomic E-state index is 13.9. The zero-order chi connectivity index (χ0) is 19.8. The van der Waals surface area contributed by atoms with Crippen LogP contribution < -0.4 is 0 Å². The van der Waals surface area contributed by atoms with Crippen LogP contribution in [0.4, 0.5) is 17.7 Å². The monoisotopic (exact) mass is 381 g/mol. The van der Waals surface area contributed by atoms with Crippen molar-refractivity contribution in [2.24, 2.45) is 4.99 Å². The Balaban J connectivity index is 2.17. The second-order valence-corrected chi connectivity index (χ2v) is 5.98. The van der Waals surface area contributed by atoms with Gasteiger partial charge in [0.2, 0.25) is 0 Å². The maximum Gasteiger partial charge on any atom is 0.417 e. The summed E-state index contributed by atoms with van der Waals surface area (Å²) in [5.41, 5.74) is -0.981. The van der Waals surface area contributed by atoms with Gasteiger partial charge in [0, 0.05) is 24.2 Å². The average molecular weight is 381 g/mol. The predicted octanol–water partition coefficient (Wildman–Crippen LogP) is 4.29. The number of aromatic carboxylic acids is 1. The van der Waals surface area contributed by atoms with E-state index in [4.69, 9.17) is 0 Å². The number of rotatable bonds is 4. The van der Waals surface area contributed by atoms with Gasteiger partial charge in [0.15, 0.2) is 6.17 Å². The van der Waals surface area contributed by atoms with E-state index in [-0.39, 0.29) is 28.9 Å². The topological polar surface area (TPSA) is 57.8 Å². The van der Waals surface area contributed by atoms with Gasteiger partial charge in [-0.3, -0.25) is 4.99 Å². The molecule has 5 nitrogen and oxygen atoms in total. The Morgan fingerprint density at radius 2 is 2.00 bits per heavy atom. The molecule has 1 aromatic carbocycles. The lowest BCUT2D eigenvalue weighted by molar-refractivity contribution is -0.137. The molecule has 1 N–H and O–H groups in total. The SMILES string of the molecule is Cc1c(C(=O)O)cn(CC2N=CC=CN2F)c1-c1ccccc1C(F)(F)F. The molecular formula is C18H15F4N3O2. The number of aromatic nitrogens is 1. The fraction of sp³-hybridized carbons (Fsp3) is 0.222. The number of hydrogen-bond donors (Lipinski definition) is 1. The first-order chi connectivity index (χ1) is 12.7. The molecule has 9 heteroatoms. The van der Waals surface area contributed by atoms with Crippen LogP contribution in [-0.4, -0.2) is 33.1 Å². The lowest BCUT2D eigenvalue weighted by Crippen LogP contribution is -2.29. The highest BCUT2D eigenvalue weighted by atomic mass is 19.4. The highest BCUT2D eigenvalue weighted by Crippen LogP contribution is 2.39. The van der Waals surface area contributed by atoms with Crippen molar-refractivity contribution in [3.8, 4) is 11.3 Å². The molecule has 0 amide bonds. The molecule has 0 bridgehead atoms. The summed E-state index contributed by atoms with van der Waals surface area (Å²) in [4.78, 5) is 15.4. The van der Waals surface area contributed by atoms with Crippen LogP contribution in [0.15, 0.2) is 47.7 Å². The number of benzene rings is 1. The van der Waals surface area contributed by atoms with E-state index in [0.29, 0.717) is 5.12 Å². The molecule has 0 radical (unpaired) electrons. The van der Waals surface area contributed by atoms with Gasteiger partial charge in [-0.05, 0) is 24.6 Å². The van der Waals surface area contributed by atoms with Crippen molar-refractivity contribution in [1.29, 1.82) is 0 Å². The third kappa shape index (κ3) is 3.57. The quantitative estimate of drug-likeness (QED) is 0.635. The Labute approximate surface area is 151 Å². The zero-order valence-corrected chi connectivity index (χ0v) is 14.1. The van der Waals surface area contributed by atoms with E-state index in [9.17, 15) is 27.6 Å². The summed E-state index contributed by atoms with van der Waals surface area (Å²) in [5.74, 6) is -1.28. The molecule has 1 aliphatic heterocycles. The Hall–Kier alpha value is -3.10. The van der Waals surface area contributed by atoms with Gasteiger partial charge in [-0.1, -0.05) is 22.7 Å². The van der Waals surface area contributed by atoms with E-state index in [0.717, 1.165) is 12.3 Å². The molecule has 1 unspecified atom stereocenters. The van der Waals surface area contributed by atoms with E-state index in [1.165, 1.54) is 48.2 Å². The molecule has 27 heavy (non-hydrogen) atoms. The number of hydrogen-bond acceptors (Lipinski definition) is 3. The lowest BCUT2D eigenvalue weighted by Gasteiger charge is -2.23. The van der Waals surface area contributed by atoms with E-state index in [1.54, 1.807) is 0 Å². The predicted molar refractivity (Wildman–Crippen MR) is 90.9 cm³/mol. The molecule has 0 aliphatic carbocycles.